The maximum atomic E-state index is 12.7. The smallest absolute Gasteiger partial charge is 0.267 e. The lowest BCUT2D eigenvalue weighted by Crippen LogP contribution is -2.33. The zero-order valence-electron chi connectivity index (χ0n) is 18.1. The first kappa shape index (κ1) is 22.0. The van der Waals surface area contributed by atoms with E-state index in [1.54, 1.807) is 26.0 Å². The number of nitrogens with zero attached hydrogens (tertiary/aromatic N) is 2. The Morgan fingerprint density at radius 3 is 2.52 bits per heavy atom. The van der Waals surface area contributed by atoms with Gasteiger partial charge in [-0.25, -0.2) is 4.68 Å². The second-order valence-electron chi connectivity index (χ2n) is 7.47. The van der Waals surface area contributed by atoms with E-state index in [0.717, 1.165) is 16.7 Å². The zero-order valence-corrected chi connectivity index (χ0v) is 18.1. The number of amides is 2. The Morgan fingerprint density at radius 1 is 1.03 bits per heavy atom. The van der Waals surface area contributed by atoms with Crippen LogP contribution < -0.4 is 16.2 Å². The van der Waals surface area contributed by atoms with Gasteiger partial charge in [0.25, 0.3) is 5.56 Å². The molecule has 1 atom stereocenters. The minimum absolute atomic E-state index is 0.0837. The normalized spacial score (nSPS) is 11.6. The molecule has 7 nitrogen and oxygen atoms in total. The van der Waals surface area contributed by atoms with E-state index in [-0.39, 0.29) is 17.4 Å². The Kier molecular flexibility index (Phi) is 6.65. The predicted octanol–water partition coefficient (Wildman–Crippen LogP) is 4.08. The van der Waals surface area contributed by atoms with Gasteiger partial charge in [-0.1, -0.05) is 31.2 Å². The van der Waals surface area contributed by atoms with Crippen molar-refractivity contribution >= 4 is 23.2 Å². The molecule has 0 saturated carbocycles. The molecule has 0 fully saturated rings. The van der Waals surface area contributed by atoms with E-state index in [2.05, 4.69) is 15.7 Å². The van der Waals surface area contributed by atoms with Crippen LogP contribution in [0.1, 0.15) is 37.4 Å². The number of benzene rings is 2. The molecular weight excluding hydrogens is 392 g/mol. The summed E-state index contributed by atoms with van der Waals surface area (Å²) in [7, 11) is 0. The molecule has 1 aromatic heterocycles. The summed E-state index contributed by atoms with van der Waals surface area (Å²) in [6.07, 6.45) is 0.375. The minimum atomic E-state index is -0.808. The average Bonchev–Trinajstić information content (AvgIpc) is 2.75. The fourth-order valence-electron chi connectivity index (χ4n) is 3.09. The van der Waals surface area contributed by atoms with Crippen molar-refractivity contribution < 1.29 is 9.59 Å². The highest BCUT2D eigenvalue weighted by Gasteiger charge is 2.18. The second-order valence-corrected chi connectivity index (χ2v) is 7.47. The van der Waals surface area contributed by atoms with E-state index in [9.17, 15) is 14.4 Å². The maximum absolute atomic E-state index is 12.7. The van der Waals surface area contributed by atoms with Crippen molar-refractivity contribution in [3.8, 4) is 11.3 Å². The van der Waals surface area contributed by atoms with Gasteiger partial charge >= 0.3 is 0 Å². The Hall–Kier alpha value is -3.74. The molecule has 31 heavy (non-hydrogen) atoms. The number of anilines is 2. The third-order valence-electron chi connectivity index (χ3n) is 4.99. The molecule has 2 amide bonds. The van der Waals surface area contributed by atoms with Crippen molar-refractivity contribution in [3.05, 3.63) is 76.1 Å². The van der Waals surface area contributed by atoms with Gasteiger partial charge in [-0.05, 0) is 56.2 Å². The van der Waals surface area contributed by atoms with E-state index in [1.165, 1.54) is 10.7 Å². The van der Waals surface area contributed by atoms with Crippen molar-refractivity contribution in [1.82, 2.24) is 9.78 Å². The van der Waals surface area contributed by atoms with Crippen LogP contribution in [0, 0.1) is 13.8 Å². The molecule has 2 aromatic carbocycles. The first-order chi connectivity index (χ1) is 14.8. The summed E-state index contributed by atoms with van der Waals surface area (Å²) < 4.78 is 1.17. The van der Waals surface area contributed by atoms with Gasteiger partial charge in [-0.2, -0.15) is 5.10 Å². The van der Waals surface area contributed by atoms with Crippen molar-refractivity contribution in [1.29, 1.82) is 0 Å². The fourth-order valence-corrected chi connectivity index (χ4v) is 3.09. The summed E-state index contributed by atoms with van der Waals surface area (Å²) >= 11 is 0. The molecule has 0 aliphatic rings. The first-order valence-electron chi connectivity index (χ1n) is 10.2. The molecule has 0 radical (unpaired) electrons. The summed E-state index contributed by atoms with van der Waals surface area (Å²) in [5.74, 6) is -0.420. The number of carbonyl (C=O) groups is 2. The summed E-state index contributed by atoms with van der Waals surface area (Å²) in [6, 6.07) is 15.2. The van der Waals surface area contributed by atoms with Gasteiger partial charge in [0.2, 0.25) is 11.8 Å². The van der Waals surface area contributed by atoms with Crippen LogP contribution >= 0.6 is 0 Å². The Labute approximate surface area is 181 Å². The molecule has 3 aromatic rings. The van der Waals surface area contributed by atoms with E-state index < -0.39 is 6.04 Å². The highest BCUT2D eigenvalue weighted by molar-refractivity contribution is 5.93. The number of aryl methyl sites for hydroxylation is 2. The van der Waals surface area contributed by atoms with Crippen LogP contribution in [0.25, 0.3) is 11.3 Å². The molecule has 160 valence electrons. The standard InChI is InChI=1S/C24H26N4O3/c1-5-22(29)26-21-14-18(10-9-16(21)3)20-11-12-23(30)28(27-20)17(4)24(31)25-19-8-6-7-15(2)13-19/h6-14,17H,5H2,1-4H3,(H,25,31)(H,26,29)/t17-/m1/s1. The number of nitrogens with one attached hydrogen (secondary N) is 2. The molecule has 1 heterocycles. The molecule has 7 heteroatoms. The monoisotopic (exact) mass is 418 g/mol. The maximum Gasteiger partial charge on any atom is 0.267 e. The van der Waals surface area contributed by atoms with Gasteiger partial charge in [-0.3, -0.25) is 14.4 Å². The number of aromatic nitrogens is 2. The molecule has 3 rings (SSSR count). The Bertz CT molecular complexity index is 1180. The highest BCUT2D eigenvalue weighted by atomic mass is 16.2. The molecule has 2 N–H and O–H groups in total. The van der Waals surface area contributed by atoms with Crippen LogP contribution in [-0.4, -0.2) is 21.6 Å². The van der Waals surface area contributed by atoms with Gasteiger partial charge < -0.3 is 10.6 Å². The molecule has 0 saturated heterocycles. The number of rotatable bonds is 6. The van der Waals surface area contributed by atoms with Gasteiger partial charge in [0, 0.05) is 29.4 Å². The number of hydrogen-bond donors (Lipinski definition) is 2. The van der Waals surface area contributed by atoms with Gasteiger partial charge in [0.15, 0.2) is 0 Å². The largest absolute Gasteiger partial charge is 0.326 e. The van der Waals surface area contributed by atoms with E-state index in [4.69, 9.17) is 0 Å². The quantitative estimate of drug-likeness (QED) is 0.631. The van der Waals surface area contributed by atoms with Gasteiger partial charge in [-0.15, -0.1) is 0 Å². The molecule has 0 spiro atoms. The van der Waals surface area contributed by atoms with Crippen LogP contribution in [0.2, 0.25) is 0 Å². The fraction of sp³-hybridized carbons (Fsp3) is 0.250. The van der Waals surface area contributed by atoms with Crippen LogP contribution in [0.15, 0.2) is 59.4 Å². The lowest BCUT2D eigenvalue weighted by Gasteiger charge is -2.16. The van der Waals surface area contributed by atoms with Crippen LogP contribution in [-0.2, 0) is 9.59 Å². The van der Waals surface area contributed by atoms with Crippen LogP contribution in [0.4, 0.5) is 11.4 Å². The van der Waals surface area contributed by atoms with Gasteiger partial charge in [0.05, 0.1) is 5.69 Å². The highest BCUT2D eigenvalue weighted by Crippen LogP contribution is 2.24. The first-order valence-corrected chi connectivity index (χ1v) is 10.2. The molecular formula is C24H26N4O3. The minimum Gasteiger partial charge on any atom is -0.326 e. The summed E-state index contributed by atoms with van der Waals surface area (Å²) in [4.78, 5) is 36.9. The Balaban J connectivity index is 1.89. The second kappa shape index (κ2) is 9.38. The third-order valence-corrected chi connectivity index (χ3v) is 4.99. The third kappa shape index (κ3) is 5.25. The lowest BCUT2D eigenvalue weighted by molar-refractivity contribution is -0.119. The van der Waals surface area contributed by atoms with Crippen molar-refractivity contribution in [2.45, 2.75) is 40.2 Å². The number of carbonyl (C=O) groups excluding carboxylic acids is 2. The van der Waals surface area contributed by atoms with E-state index in [0.29, 0.717) is 23.5 Å². The topological polar surface area (TPSA) is 93.1 Å². The van der Waals surface area contributed by atoms with Crippen molar-refractivity contribution in [3.63, 3.8) is 0 Å². The lowest BCUT2D eigenvalue weighted by atomic mass is 10.1. The molecule has 0 unspecified atom stereocenters. The summed E-state index contributed by atoms with van der Waals surface area (Å²) in [5.41, 5.74) is 4.18. The Morgan fingerprint density at radius 2 is 1.81 bits per heavy atom. The average molecular weight is 418 g/mol. The van der Waals surface area contributed by atoms with Gasteiger partial charge in [0.1, 0.15) is 6.04 Å². The predicted molar refractivity (Wildman–Crippen MR) is 122 cm³/mol. The van der Waals surface area contributed by atoms with Crippen LogP contribution in [0.3, 0.4) is 0 Å². The van der Waals surface area contributed by atoms with E-state index in [1.807, 2.05) is 50.2 Å². The summed E-state index contributed by atoms with van der Waals surface area (Å²) in [5, 5.41) is 10.1. The molecule has 0 aliphatic heterocycles. The SMILES string of the molecule is CCC(=O)Nc1cc(-c2ccc(=O)n([C@H](C)C(=O)Nc3cccc(C)c3)n2)ccc1C. The zero-order chi connectivity index (χ0) is 22.5. The molecule has 0 bridgehead atoms. The molecule has 0 aliphatic carbocycles. The van der Waals surface area contributed by atoms with Crippen molar-refractivity contribution in [2.75, 3.05) is 10.6 Å². The number of hydrogen-bond acceptors (Lipinski definition) is 4. The van der Waals surface area contributed by atoms with Crippen LogP contribution in [0.5, 0.6) is 0 Å². The van der Waals surface area contributed by atoms with Crippen molar-refractivity contribution in [2.24, 2.45) is 0 Å². The summed E-state index contributed by atoms with van der Waals surface area (Å²) in [6.45, 7) is 7.26. The van der Waals surface area contributed by atoms with E-state index >= 15 is 0 Å².